The van der Waals surface area contributed by atoms with E-state index in [4.69, 9.17) is 0 Å². The van der Waals surface area contributed by atoms with Crippen LogP contribution in [0.3, 0.4) is 0 Å². The van der Waals surface area contributed by atoms with Gasteiger partial charge in [-0.05, 0) is 13.3 Å². The smallest absolute Gasteiger partial charge is 0.325 e. The molecule has 0 spiro atoms. The summed E-state index contributed by atoms with van der Waals surface area (Å²) >= 11 is 0. The summed E-state index contributed by atoms with van der Waals surface area (Å²) in [4.78, 5) is 24.8. The maximum absolute atomic E-state index is 12.1. The molecule has 6 nitrogen and oxygen atoms in total. The van der Waals surface area contributed by atoms with Gasteiger partial charge in [0.1, 0.15) is 5.54 Å². The molecule has 1 heterocycles. The van der Waals surface area contributed by atoms with Crippen molar-refractivity contribution in [3.8, 4) is 0 Å². The molecule has 0 aromatic rings. The first-order chi connectivity index (χ1) is 8.30. The molecule has 1 aliphatic heterocycles. The second kappa shape index (κ2) is 5.67. The average molecular weight is 257 g/mol. The van der Waals surface area contributed by atoms with E-state index < -0.39 is 17.7 Å². The van der Waals surface area contributed by atoms with Gasteiger partial charge in [-0.25, -0.2) is 4.79 Å². The topological polar surface area (TPSA) is 81.7 Å². The standard InChI is InChI=1S/C12H23N3O3/c1-5-12(4)10(17)15(11(18)14-12)7-9(16)6-13-8(2)3/h8-9,13,16H,5-7H2,1-4H3,(H,14,18). The highest BCUT2D eigenvalue weighted by atomic mass is 16.3. The number of β-amino-alcohol motifs (C(OH)–C–C–N with tert-alkyl or cyclic N) is 1. The molecule has 6 heteroatoms. The van der Waals surface area contributed by atoms with Crippen molar-refractivity contribution in [2.45, 2.75) is 51.8 Å². The minimum absolute atomic E-state index is 0.0278. The summed E-state index contributed by atoms with van der Waals surface area (Å²) in [7, 11) is 0. The number of urea groups is 1. The van der Waals surface area contributed by atoms with E-state index in [1.165, 1.54) is 0 Å². The fourth-order valence-corrected chi connectivity index (χ4v) is 1.80. The Hall–Kier alpha value is -1.14. The molecule has 0 aliphatic carbocycles. The van der Waals surface area contributed by atoms with Crippen LogP contribution in [0.4, 0.5) is 4.79 Å². The minimum atomic E-state index is -0.831. The first-order valence-corrected chi connectivity index (χ1v) is 6.35. The normalized spacial score (nSPS) is 25.8. The summed E-state index contributed by atoms with van der Waals surface area (Å²) in [6.07, 6.45) is -0.213. The molecule has 1 saturated heterocycles. The van der Waals surface area contributed by atoms with Gasteiger partial charge in [0.2, 0.25) is 0 Å². The van der Waals surface area contributed by atoms with Crippen LogP contribution < -0.4 is 10.6 Å². The Morgan fingerprint density at radius 2 is 2.06 bits per heavy atom. The monoisotopic (exact) mass is 257 g/mol. The van der Waals surface area contributed by atoms with Gasteiger partial charge in [0.05, 0.1) is 12.6 Å². The van der Waals surface area contributed by atoms with Crippen molar-refractivity contribution in [2.75, 3.05) is 13.1 Å². The molecular formula is C12H23N3O3. The predicted molar refractivity (Wildman–Crippen MR) is 68.1 cm³/mol. The second-order valence-electron chi connectivity index (χ2n) is 5.25. The van der Waals surface area contributed by atoms with E-state index in [2.05, 4.69) is 10.6 Å². The van der Waals surface area contributed by atoms with Crippen LogP contribution in [0, 0.1) is 0 Å². The Balaban J connectivity index is 2.57. The van der Waals surface area contributed by atoms with Gasteiger partial charge in [-0.3, -0.25) is 9.69 Å². The third-order valence-electron chi connectivity index (χ3n) is 3.21. The molecule has 2 atom stereocenters. The van der Waals surface area contributed by atoms with E-state index in [1.54, 1.807) is 6.92 Å². The van der Waals surface area contributed by atoms with E-state index >= 15 is 0 Å². The molecule has 0 aromatic carbocycles. The Bertz CT molecular complexity index is 333. The zero-order valence-electron chi connectivity index (χ0n) is 11.5. The molecule has 3 N–H and O–H groups in total. The highest BCUT2D eigenvalue weighted by Gasteiger charge is 2.46. The van der Waals surface area contributed by atoms with Gasteiger partial charge in [0, 0.05) is 12.6 Å². The number of hydrogen-bond acceptors (Lipinski definition) is 4. The summed E-state index contributed by atoms with van der Waals surface area (Å²) in [6.45, 7) is 7.87. The molecule has 18 heavy (non-hydrogen) atoms. The Labute approximate surface area is 108 Å². The quantitative estimate of drug-likeness (QED) is 0.588. The van der Waals surface area contributed by atoms with Crippen LogP contribution in [0.15, 0.2) is 0 Å². The van der Waals surface area contributed by atoms with Crippen LogP contribution in [0.1, 0.15) is 34.1 Å². The number of aliphatic hydroxyl groups excluding tert-OH is 1. The van der Waals surface area contributed by atoms with Crippen molar-refractivity contribution in [1.29, 1.82) is 0 Å². The summed E-state index contributed by atoms with van der Waals surface area (Å²) in [5.41, 5.74) is -0.831. The van der Waals surface area contributed by atoms with Crippen molar-refractivity contribution in [2.24, 2.45) is 0 Å². The Kier molecular flexibility index (Phi) is 4.70. The molecule has 0 saturated carbocycles. The highest BCUT2D eigenvalue weighted by molar-refractivity contribution is 6.06. The highest BCUT2D eigenvalue weighted by Crippen LogP contribution is 2.20. The molecule has 2 unspecified atom stereocenters. The summed E-state index contributed by atoms with van der Waals surface area (Å²) < 4.78 is 0. The average Bonchev–Trinajstić information content (AvgIpc) is 2.51. The molecule has 0 aromatic heterocycles. The van der Waals surface area contributed by atoms with E-state index in [0.717, 1.165) is 4.90 Å². The number of nitrogens with zero attached hydrogens (tertiary/aromatic N) is 1. The molecule has 1 fully saturated rings. The molecule has 0 radical (unpaired) electrons. The minimum Gasteiger partial charge on any atom is -0.390 e. The Morgan fingerprint density at radius 3 is 2.50 bits per heavy atom. The maximum Gasteiger partial charge on any atom is 0.325 e. The first-order valence-electron chi connectivity index (χ1n) is 6.35. The van der Waals surface area contributed by atoms with Gasteiger partial charge < -0.3 is 15.7 Å². The number of aliphatic hydroxyl groups is 1. The van der Waals surface area contributed by atoms with Crippen molar-refractivity contribution in [3.63, 3.8) is 0 Å². The van der Waals surface area contributed by atoms with Crippen LogP contribution in [0.25, 0.3) is 0 Å². The second-order valence-corrected chi connectivity index (χ2v) is 5.25. The van der Waals surface area contributed by atoms with Gasteiger partial charge in [-0.1, -0.05) is 20.8 Å². The van der Waals surface area contributed by atoms with E-state index in [9.17, 15) is 14.7 Å². The van der Waals surface area contributed by atoms with Gasteiger partial charge in [0.15, 0.2) is 0 Å². The lowest BCUT2D eigenvalue weighted by Crippen LogP contribution is -2.45. The lowest BCUT2D eigenvalue weighted by molar-refractivity contribution is -0.131. The molecule has 1 rings (SSSR count). The lowest BCUT2D eigenvalue weighted by atomic mass is 9.99. The van der Waals surface area contributed by atoms with E-state index in [1.807, 2.05) is 20.8 Å². The van der Waals surface area contributed by atoms with Gasteiger partial charge in [-0.2, -0.15) is 0 Å². The SMILES string of the molecule is CCC1(C)NC(=O)N(CC(O)CNC(C)C)C1=O. The number of carbonyl (C=O) groups excluding carboxylic acids is 2. The fraction of sp³-hybridized carbons (Fsp3) is 0.833. The van der Waals surface area contributed by atoms with Crippen molar-refractivity contribution in [1.82, 2.24) is 15.5 Å². The van der Waals surface area contributed by atoms with Crippen LogP contribution in [0.5, 0.6) is 0 Å². The zero-order valence-corrected chi connectivity index (χ0v) is 11.5. The third kappa shape index (κ3) is 3.20. The first kappa shape index (κ1) is 14.9. The largest absolute Gasteiger partial charge is 0.390 e. The van der Waals surface area contributed by atoms with Crippen molar-refractivity contribution in [3.05, 3.63) is 0 Å². The summed E-state index contributed by atoms with van der Waals surface area (Å²) in [6, 6.07) is -0.170. The maximum atomic E-state index is 12.1. The number of nitrogens with one attached hydrogen (secondary N) is 2. The number of amides is 3. The fourth-order valence-electron chi connectivity index (χ4n) is 1.80. The summed E-state index contributed by atoms with van der Waals surface area (Å²) in [5.74, 6) is -0.265. The van der Waals surface area contributed by atoms with Gasteiger partial charge in [0.25, 0.3) is 5.91 Å². The van der Waals surface area contributed by atoms with Crippen molar-refractivity contribution >= 4 is 11.9 Å². The van der Waals surface area contributed by atoms with E-state index in [0.29, 0.717) is 13.0 Å². The molecule has 104 valence electrons. The van der Waals surface area contributed by atoms with Gasteiger partial charge in [-0.15, -0.1) is 0 Å². The van der Waals surface area contributed by atoms with Crippen LogP contribution in [-0.4, -0.2) is 52.7 Å². The molecular weight excluding hydrogens is 234 g/mol. The third-order valence-corrected chi connectivity index (χ3v) is 3.21. The lowest BCUT2D eigenvalue weighted by Gasteiger charge is -2.21. The number of rotatable bonds is 6. The molecule has 3 amide bonds. The van der Waals surface area contributed by atoms with Crippen LogP contribution in [0.2, 0.25) is 0 Å². The number of hydrogen-bond donors (Lipinski definition) is 3. The van der Waals surface area contributed by atoms with E-state index in [-0.39, 0.29) is 18.5 Å². The van der Waals surface area contributed by atoms with Crippen molar-refractivity contribution < 1.29 is 14.7 Å². The number of carbonyl (C=O) groups is 2. The Morgan fingerprint density at radius 1 is 1.44 bits per heavy atom. The molecule has 0 bridgehead atoms. The summed E-state index contributed by atoms with van der Waals surface area (Å²) in [5, 5.41) is 15.5. The number of imide groups is 1. The predicted octanol–water partition coefficient (Wildman–Crippen LogP) is 0.0658. The molecule has 1 aliphatic rings. The zero-order chi connectivity index (χ0) is 13.9. The van der Waals surface area contributed by atoms with Crippen LogP contribution in [-0.2, 0) is 4.79 Å². The van der Waals surface area contributed by atoms with Gasteiger partial charge >= 0.3 is 6.03 Å². The van der Waals surface area contributed by atoms with Crippen LogP contribution >= 0.6 is 0 Å².